The maximum absolute atomic E-state index is 13.9. The molecule has 1 aliphatic rings. The number of hydrogen-bond donors (Lipinski definition) is 0. The van der Waals surface area contributed by atoms with Gasteiger partial charge in [-0.05, 0) is 48.4 Å². The van der Waals surface area contributed by atoms with Gasteiger partial charge in [0.05, 0.1) is 16.6 Å². The van der Waals surface area contributed by atoms with Crippen LogP contribution >= 0.6 is 22.9 Å². The first-order valence-corrected chi connectivity index (χ1v) is 11.5. The Labute approximate surface area is 195 Å². The average Bonchev–Trinajstić information content (AvgIpc) is 3.47. The second-order valence-electron chi connectivity index (χ2n) is 7.70. The molecule has 1 aliphatic heterocycles. The smallest absolute Gasteiger partial charge is 0.330 e. The van der Waals surface area contributed by atoms with Gasteiger partial charge in [-0.3, -0.25) is 9.78 Å². The summed E-state index contributed by atoms with van der Waals surface area (Å²) >= 11 is 7.71. The minimum absolute atomic E-state index is 0.122. The Morgan fingerprint density at radius 3 is 2.76 bits per heavy atom. The highest BCUT2D eigenvalue weighted by Gasteiger charge is 2.38. The van der Waals surface area contributed by atoms with Crippen LogP contribution in [0.3, 0.4) is 0 Å². The van der Waals surface area contributed by atoms with Gasteiger partial charge in [-0.15, -0.1) is 11.3 Å². The maximum Gasteiger partial charge on any atom is 0.433 e. The number of nitrogens with zero attached hydrogens (tertiary/aromatic N) is 5. The Hall–Kier alpha value is -2.98. The Morgan fingerprint density at radius 1 is 1.21 bits per heavy atom. The van der Waals surface area contributed by atoms with Crippen molar-refractivity contribution in [1.29, 1.82) is 0 Å². The lowest BCUT2D eigenvalue weighted by atomic mass is 9.96. The number of pyridine rings is 1. The van der Waals surface area contributed by atoms with Crippen molar-refractivity contribution in [2.45, 2.75) is 31.5 Å². The lowest BCUT2D eigenvalue weighted by Crippen LogP contribution is -2.39. The van der Waals surface area contributed by atoms with Crippen LogP contribution in [0.4, 0.5) is 13.2 Å². The Morgan fingerprint density at radius 2 is 2.06 bits per heavy atom. The summed E-state index contributed by atoms with van der Waals surface area (Å²) in [6, 6.07) is 7.74. The largest absolute Gasteiger partial charge is 0.433 e. The third kappa shape index (κ3) is 3.97. The molecule has 4 aromatic rings. The highest BCUT2D eigenvalue weighted by molar-refractivity contribution is 7.13. The molecule has 4 aromatic heterocycles. The SMILES string of the molecule is O=C(c1nn2c(C(F)(F)F)cc(-c3cccs3)nc2c1Cl)N1CCCC[C@@H]1c1cccnc1. The number of piperidine rings is 1. The molecule has 0 saturated carbocycles. The van der Waals surface area contributed by atoms with Gasteiger partial charge >= 0.3 is 6.18 Å². The van der Waals surface area contributed by atoms with E-state index in [1.54, 1.807) is 40.9 Å². The van der Waals surface area contributed by atoms with E-state index in [2.05, 4.69) is 15.1 Å². The monoisotopic (exact) mass is 491 g/mol. The van der Waals surface area contributed by atoms with Crippen molar-refractivity contribution in [2.24, 2.45) is 0 Å². The Balaban J connectivity index is 1.62. The molecule has 11 heteroatoms. The van der Waals surface area contributed by atoms with Crippen LogP contribution in [-0.4, -0.2) is 36.9 Å². The molecule has 33 heavy (non-hydrogen) atoms. The van der Waals surface area contributed by atoms with Crippen LogP contribution in [0.1, 0.15) is 47.1 Å². The Kier molecular flexibility index (Phi) is 5.57. The van der Waals surface area contributed by atoms with Crippen LogP contribution in [-0.2, 0) is 6.18 Å². The molecular formula is C22H17ClF3N5OS. The van der Waals surface area contributed by atoms with Crippen molar-refractivity contribution in [3.63, 3.8) is 0 Å². The van der Waals surface area contributed by atoms with Crippen LogP contribution in [0.5, 0.6) is 0 Å². The number of rotatable bonds is 3. The molecule has 5 heterocycles. The number of carbonyl (C=O) groups excluding carboxylic acids is 1. The third-order valence-corrected chi connectivity index (χ3v) is 6.87. The second kappa shape index (κ2) is 8.42. The van der Waals surface area contributed by atoms with Gasteiger partial charge in [0, 0.05) is 18.9 Å². The van der Waals surface area contributed by atoms with Crippen LogP contribution in [0.2, 0.25) is 5.02 Å². The van der Waals surface area contributed by atoms with Gasteiger partial charge in [0.25, 0.3) is 5.91 Å². The molecule has 0 spiro atoms. The van der Waals surface area contributed by atoms with E-state index >= 15 is 0 Å². The van der Waals surface area contributed by atoms with Crippen molar-refractivity contribution < 1.29 is 18.0 Å². The van der Waals surface area contributed by atoms with Gasteiger partial charge in [0.2, 0.25) is 0 Å². The van der Waals surface area contributed by atoms with Crippen molar-refractivity contribution >= 4 is 34.5 Å². The second-order valence-corrected chi connectivity index (χ2v) is 9.02. The number of fused-ring (bicyclic) bond motifs is 1. The molecule has 6 nitrogen and oxygen atoms in total. The normalized spacial score (nSPS) is 17.0. The maximum atomic E-state index is 13.9. The molecule has 1 fully saturated rings. The molecule has 0 unspecified atom stereocenters. The molecule has 0 aromatic carbocycles. The van der Waals surface area contributed by atoms with Gasteiger partial charge in [-0.25, -0.2) is 9.50 Å². The van der Waals surface area contributed by atoms with E-state index in [4.69, 9.17) is 11.6 Å². The Bertz CT molecular complexity index is 1310. The standard InChI is InChI=1S/C22H17ClF3N5OS/c23-18-19(21(32)30-9-2-1-6-15(30)13-5-3-8-27-12-13)29-31-17(22(24,25)26)11-14(28-20(18)31)16-7-4-10-33-16/h3-5,7-8,10-12,15H,1-2,6,9H2/t15-/m1/s1. The van der Waals surface area contributed by atoms with E-state index in [0.29, 0.717) is 15.9 Å². The minimum Gasteiger partial charge on any atom is -0.330 e. The summed E-state index contributed by atoms with van der Waals surface area (Å²) in [5.74, 6) is -0.523. The van der Waals surface area contributed by atoms with Gasteiger partial charge in [-0.2, -0.15) is 18.3 Å². The van der Waals surface area contributed by atoms with Crippen LogP contribution in [0.15, 0.2) is 48.1 Å². The van der Waals surface area contributed by atoms with Crippen LogP contribution in [0, 0.1) is 0 Å². The van der Waals surface area contributed by atoms with E-state index in [9.17, 15) is 18.0 Å². The zero-order chi connectivity index (χ0) is 23.2. The molecular weight excluding hydrogens is 475 g/mol. The summed E-state index contributed by atoms with van der Waals surface area (Å²) in [5, 5.41) is 5.55. The first-order valence-electron chi connectivity index (χ1n) is 10.3. The van der Waals surface area contributed by atoms with Crippen molar-refractivity contribution in [2.75, 3.05) is 6.54 Å². The number of likely N-dealkylation sites (tertiary alicyclic amines) is 1. The fourth-order valence-corrected chi connectivity index (χ4v) is 5.04. The number of aromatic nitrogens is 4. The molecule has 5 rings (SSSR count). The molecule has 1 amide bonds. The molecule has 0 radical (unpaired) electrons. The lowest BCUT2D eigenvalue weighted by molar-refractivity contribution is -0.142. The van der Waals surface area contributed by atoms with E-state index < -0.39 is 17.8 Å². The number of amides is 1. The minimum atomic E-state index is -4.72. The predicted octanol–water partition coefficient (Wildman–Crippen LogP) is 5.89. The number of alkyl halides is 3. The van der Waals surface area contributed by atoms with Gasteiger partial charge in [0.1, 0.15) is 5.02 Å². The van der Waals surface area contributed by atoms with Crippen molar-refractivity contribution in [1.82, 2.24) is 24.5 Å². The fraction of sp³-hybridized carbons (Fsp3) is 0.273. The number of carbonyl (C=O) groups is 1. The molecule has 170 valence electrons. The summed E-state index contributed by atoms with van der Waals surface area (Å²) < 4.78 is 42.3. The summed E-state index contributed by atoms with van der Waals surface area (Å²) in [5.41, 5.74) is -0.502. The van der Waals surface area contributed by atoms with E-state index in [1.807, 2.05) is 6.07 Å². The highest BCUT2D eigenvalue weighted by atomic mass is 35.5. The van der Waals surface area contributed by atoms with Crippen molar-refractivity contribution in [3.8, 4) is 10.6 Å². The van der Waals surface area contributed by atoms with E-state index in [-0.39, 0.29) is 28.1 Å². The number of thiophene rings is 1. The highest BCUT2D eigenvalue weighted by Crippen LogP contribution is 2.37. The summed E-state index contributed by atoms with van der Waals surface area (Å²) in [6.07, 6.45) is 1.04. The topological polar surface area (TPSA) is 63.4 Å². The lowest BCUT2D eigenvalue weighted by Gasteiger charge is -2.35. The quantitative estimate of drug-likeness (QED) is 0.358. The predicted molar refractivity (Wildman–Crippen MR) is 118 cm³/mol. The van der Waals surface area contributed by atoms with E-state index in [0.717, 1.165) is 30.9 Å². The van der Waals surface area contributed by atoms with Gasteiger partial charge < -0.3 is 4.90 Å². The fourth-order valence-electron chi connectivity index (χ4n) is 4.11. The molecule has 1 saturated heterocycles. The molecule has 0 N–H and O–H groups in total. The van der Waals surface area contributed by atoms with Gasteiger partial charge in [0.15, 0.2) is 17.0 Å². The third-order valence-electron chi connectivity index (χ3n) is 5.63. The summed E-state index contributed by atoms with van der Waals surface area (Å²) in [6.45, 7) is 0.447. The molecule has 1 atom stereocenters. The van der Waals surface area contributed by atoms with Crippen LogP contribution in [0.25, 0.3) is 16.2 Å². The van der Waals surface area contributed by atoms with Gasteiger partial charge in [-0.1, -0.05) is 23.7 Å². The van der Waals surface area contributed by atoms with E-state index in [1.165, 1.54) is 11.3 Å². The zero-order valence-electron chi connectivity index (χ0n) is 17.1. The first-order chi connectivity index (χ1) is 15.8. The number of hydrogen-bond acceptors (Lipinski definition) is 5. The summed E-state index contributed by atoms with van der Waals surface area (Å²) in [7, 11) is 0. The first kappa shape index (κ1) is 21.8. The van der Waals surface area contributed by atoms with Crippen molar-refractivity contribution in [3.05, 3.63) is 70.1 Å². The number of halogens is 4. The zero-order valence-corrected chi connectivity index (χ0v) is 18.7. The summed E-state index contributed by atoms with van der Waals surface area (Å²) in [4.78, 5) is 24.1. The van der Waals surface area contributed by atoms with Crippen LogP contribution < -0.4 is 0 Å². The molecule has 0 bridgehead atoms. The average molecular weight is 492 g/mol. The molecule has 0 aliphatic carbocycles.